The van der Waals surface area contributed by atoms with Crippen molar-refractivity contribution >= 4 is 17.1 Å². The van der Waals surface area contributed by atoms with E-state index in [1.165, 1.54) is 16.6 Å². The summed E-state index contributed by atoms with van der Waals surface area (Å²) in [6, 6.07) is 10.1. The molecule has 32 heavy (non-hydrogen) atoms. The quantitative estimate of drug-likeness (QED) is 0.626. The Labute approximate surface area is 189 Å². The van der Waals surface area contributed by atoms with Crippen LogP contribution >= 0.6 is 0 Å². The molecule has 0 saturated carbocycles. The lowest BCUT2D eigenvalue weighted by atomic mass is 9.97. The second kappa shape index (κ2) is 9.51. The Balaban J connectivity index is 1.29. The minimum Gasteiger partial charge on any atom is -0.493 e. The summed E-state index contributed by atoms with van der Waals surface area (Å²) in [6.45, 7) is 7.21. The Hall–Kier alpha value is -3.22. The molecule has 7 nitrogen and oxygen atoms in total. The second-order valence-electron chi connectivity index (χ2n) is 8.60. The van der Waals surface area contributed by atoms with Gasteiger partial charge in [-0.15, -0.1) is 0 Å². The van der Waals surface area contributed by atoms with Crippen molar-refractivity contribution < 1.29 is 14.3 Å². The van der Waals surface area contributed by atoms with Gasteiger partial charge in [0.25, 0.3) is 0 Å². The van der Waals surface area contributed by atoms with Crippen LogP contribution < -0.4 is 14.8 Å². The van der Waals surface area contributed by atoms with Crippen molar-refractivity contribution in [2.75, 3.05) is 27.3 Å². The van der Waals surface area contributed by atoms with Crippen molar-refractivity contribution in [1.82, 2.24) is 19.8 Å². The van der Waals surface area contributed by atoms with Gasteiger partial charge >= 0.3 is 6.03 Å². The molecule has 0 unspecified atom stereocenters. The predicted octanol–water partition coefficient (Wildman–Crippen LogP) is 4.29. The van der Waals surface area contributed by atoms with E-state index in [1.807, 2.05) is 29.4 Å². The first kappa shape index (κ1) is 22.0. The lowest BCUT2D eigenvalue weighted by Gasteiger charge is -2.32. The number of fused-ring (bicyclic) bond motifs is 1. The summed E-state index contributed by atoms with van der Waals surface area (Å²) >= 11 is 0. The smallest absolute Gasteiger partial charge is 0.317 e. The molecular formula is C25H32N4O3. The summed E-state index contributed by atoms with van der Waals surface area (Å²) < 4.78 is 12.9. The number of nitrogens with zero attached hydrogens (tertiary/aromatic N) is 3. The minimum absolute atomic E-state index is 0.0163. The lowest BCUT2D eigenvalue weighted by Crippen LogP contribution is -2.44. The Morgan fingerprint density at radius 1 is 1.06 bits per heavy atom. The van der Waals surface area contributed by atoms with Crippen molar-refractivity contribution in [2.24, 2.45) is 5.92 Å². The number of aromatic nitrogens is 2. The molecule has 0 radical (unpaired) electrons. The summed E-state index contributed by atoms with van der Waals surface area (Å²) in [5, 5.41) is 3.03. The average molecular weight is 437 g/mol. The molecule has 1 aliphatic rings. The van der Waals surface area contributed by atoms with E-state index in [1.54, 1.807) is 14.2 Å². The highest BCUT2D eigenvalue weighted by molar-refractivity contribution is 5.77. The van der Waals surface area contributed by atoms with Crippen molar-refractivity contribution in [3.8, 4) is 11.5 Å². The zero-order chi connectivity index (χ0) is 22.7. The number of hydrogen-bond donors (Lipinski definition) is 1. The van der Waals surface area contributed by atoms with Gasteiger partial charge in [-0.2, -0.15) is 0 Å². The van der Waals surface area contributed by atoms with Gasteiger partial charge in [-0.25, -0.2) is 9.78 Å². The molecule has 1 aliphatic heterocycles. The summed E-state index contributed by atoms with van der Waals surface area (Å²) in [5.74, 6) is 1.89. The average Bonchev–Trinajstić information content (AvgIpc) is 3.19. The molecule has 3 aromatic rings. The van der Waals surface area contributed by atoms with Crippen LogP contribution in [0.3, 0.4) is 0 Å². The monoisotopic (exact) mass is 436 g/mol. The Morgan fingerprint density at radius 3 is 2.50 bits per heavy atom. The maximum Gasteiger partial charge on any atom is 0.317 e. The number of piperidine rings is 1. The third-order valence-electron chi connectivity index (χ3n) is 6.48. The molecule has 1 saturated heterocycles. The van der Waals surface area contributed by atoms with Crippen LogP contribution in [-0.4, -0.2) is 47.8 Å². The molecule has 2 amide bonds. The number of rotatable bonds is 6. The van der Waals surface area contributed by atoms with E-state index in [4.69, 9.17) is 9.47 Å². The Morgan fingerprint density at radius 2 is 1.78 bits per heavy atom. The number of carbonyl (C=O) groups excluding carboxylic acids is 1. The van der Waals surface area contributed by atoms with Gasteiger partial charge in [0.2, 0.25) is 0 Å². The van der Waals surface area contributed by atoms with Gasteiger partial charge in [0, 0.05) is 26.2 Å². The summed E-state index contributed by atoms with van der Waals surface area (Å²) in [4.78, 5) is 19.2. The number of hydrogen-bond acceptors (Lipinski definition) is 4. The third-order valence-corrected chi connectivity index (χ3v) is 6.48. The number of aryl methyl sites for hydroxylation is 2. The Kier molecular flexibility index (Phi) is 6.53. The summed E-state index contributed by atoms with van der Waals surface area (Å²) in [7, 11) is 3.22. The number of urea groups is 1. The molecule has 7 heteroatoms. The van der Waals surface area contributed by atoms with Gasteiger partial charge in [0.15, 0.2) is 11.5 Å². The number of benzene rings is 2. The van der Waals surface area contributed by atoms with Crippen molar-refractivity contribution in [3.05, 3.63) is 53.3 Å². The number of imidazole rings is 1. The van der Waals surface area contributed by atoms with E-state index in [0.29, 0.717) is 24.0 Å². The molecule has 0 bridgehead atoms. The molecule has 1 aromatic heterocycles. The summed E-state index contributed by atoms with van der Waals surface area (Å²) in [5.41, 5.74) is 5.79. The van der Waals surface area contributed by atoms with Crippen molar-refractivity contribution in [1.29, 1.82) is 0 Å². The van der Waals surface area contributed by atoms with E-state index in [-0.39, 0.29) is 6.03 Å². The zero-order valence-electron chi connectivity index (χ0n) is 19.4. The van der Waals surface area contributed by atoms with Crippen molar-refractivity contribution in [3.63, 3.8) is 0 Å². The predicted molar refractivity (Wildman–Crippen MR) is 125 cm³/mol. The largest absolute Gasteiger partial charge is 0.493 e. The molecule has 0 spiro atoms. The Bertz CT molecular complexity index is 1100. The first-order valence-electron chi connectivity index (χ1n) is 11.1. The van der Waals surface area contributed by atoms with E-state index in [0.717, 1.165) is 43.6 Å². The number of carbonyl (C=O) groups is 1. The lowest BCUT2D eigenvalue weighted by molar-refractivity contribution is 0.165. The number of methoxy groups -OCH3 is 2. The van der Waals surface area contributed by atoms with Gasteiger partial charge in [-0.1, -0.05) is 6.07 Å². The third kappa shape index (κ3) is 4.66. The minimum atomic E-state index is -0.0163. The maximum atomic E-state index is 12.7. The molecular weight excluding hydrogens is 404 g/mol. The van der Waals surface area contributed by atoms with Crippen LogP contribution in [0.4, 0.5) is 4.79 Å². The molecule has 1 N–H and O–H groups in total. The van der Waals surface area contributed by atoms with Gasteiger partial charge in [0.05, 0.1) is 31.6 Å². The first-order chi connectivity index (χ1) is 15.5. The number of amides is 2. The molecule has 4 rings (SSSR count). The van der Waals surface area contributed by atoms with E-state index >= 15 is 0 Å². The van der Waals surface area contributed by atoms with Crippen LogP contribution in [0, 0.1) is 19.8 Å². The first-order valence-corrected chi connectivity index (χ1v) is 11.1. The molecule has 1 fully saturated rings. The molecule has 2 aromatic carbocycles. The maximum absolute atomic E-state index is 12.7. The van der Waals surface area contributed by atoms with E-state index in [2.05, 4.69) is 40.8 Å². The van der Waals surface area contributed by atoms with Crippen LogP contribution in [0.25, 0.3) is 11.0 Å². The zero-order valence-corrected chi connectivity index (χ0v) is 19.4. The van der Waals surface area contributed by atoms with E-state index < -0.39 is 0 Å². The van der Waals surface area contributed by atoms with Gasteiger partial charge in [-0.05, 0) is 73.6 Å². The fourth-order valence-electron chi connectivity index (χ4n) is 4.34. The van der Waals surface area contributed by atoms with E-state index in [9.17, 15) is 4.79 Å². The van der Waals surface area contributed by atoms with Gasteiger partial charge in [0.1, 0.15) is 0 Å². The molecule has 2 heterocycles. The molecule has 0 atom stereocenters. The summed E-state index contributed by atoms with van der Waals surface area (Å²) in [6.07, 6.45) is 3.94. The second-order valence-corrected chi connectivity index (χ2v) is 8.60. The van der Waals surface area contributed by atoms with Crippen LogP contribution in [0.1, 0.15) is 29.5 Å². The van der Waals surface area contributed by atoms with Crippen molar-refractivity contribution in [2.45, 2.75) is 39.8 Å². The van der Waals surface area contributed by atoms with Gasteiger partial charge < -0.3 is 24.3 Å². The fourth-order valence-corrected chi connectivity index (χ4v) is 4.34. The van der Waals surface area contributed by atoms with Crippen LogP contribution in [0.2, 0.25) is 0 Å². The number of ether oxygens (including phenoxy) is 2. The molecule has 170 valence electrons. The standard InChI is InChI=1S/C25H32N4O3/c1-17-11-21-22(12-18(17)2)29(16-27-21)15-19-7-9-28(10-8-19)25(30)26-14-20-5-6-23(31-3)24(13-20)32-4/h5-6,11-13,16,19H,7-10,14-15H2,1-4H3,(H,26,30). The highest BCUT2D eigenvalue weighted by Crippen LogP contribution is 2.28. The topological polar surface area (TPSA) is 68.6 Å². The normalized spacial score (nSPS) is 14.6. The SMILES string of the molecule is COc1ccc(CNC(=O)N2CCC(Cn3cnc4cc(C)c(C)cc43)CC2)cc1OC. The fraction of sp³-hybridized carbons (Fsp3) is 0.440. The number of nitrogens with one attached hydrogen (secondary N) is 1. The van der Waals surface area contributed by atoms with Crippen LogP contribution in [0.5, 0.6) is 11.5 Å². The van der Waals surface area contributed by atoms with Gasteiger partial charge in [-0.3, -0.25) is 0 Å². The number of likely N-dealkylation sites (tertiary alicyclic amines) is 1. The van der Waals surface area contributed by atoms with Crippen LogP contribution in [-0.2, 0) is 13.1 Å². The highest BCUT2D eigenvalue weighted by atomic mass is 16.5. The molecule has 0 aliphatic carbocycles. The highest BCUT2D eigenvalue weighted by Gasteiger charge is 2.23. The van der Waals surface area contributed by atoms with Crippen LogP contribution in [0.15, 0.2) is 36.7 Å².